The van der Waals surface area contributed by atoms with E-state index in [1.807, 2.05) is 55.4 Å². The Morgan fingerprint density at radius 1 is 0.770 bits per heavy atom. The van der Waals surface area contributed by atoms with Crippen molar-refractivity contribution in [3.05, 3.63) is 0 Å². The molecule has 0 radical (unpaired) electrons. The number of ether oxygens (including phenoxy) is 6. The molecule has 61 heavy (non-hydrogen) atoms. The molecule has 6 heterocycles. The maximum absolute atomic E-state index is 12.4. The van der Waals surface area contributed by atoms with E-state index in [4.69, 9.17) is 28.4 Å². The van der Waals surface area contributed by atoms with Crippen molar-refractivity contribution < 1.29 is 69.0 Å². The fraction of sp³-hybridized carbons (Fsp3) is 0.979. The molecule has 6 rings (SSSR count). The number of aliphatic hydroxyl groups excluding tert-OH is 2. The highest BCUT2D eigenvalue weighted by Crippen LogP contribution is 2.56. The summed E-state index contributed by atoms with van der Waals surface area (Å²) in [6.07, 6.45) is 0.932. The molecule has 6 aliphatic rings. The summed E-state index contributed by atoms with van der Waals surface area (Å²) in [5.74, 6) is -8.40. The van der Waals surface area contributed by atoms with Crippen LogP contribution in [0.2, 0.25) is 0 Å². The minimum atomic E-state index is -2.03. The lowest BCUT2D eigenvalue weighted by Gasteiger charge is -2.52. The van der Waals surface area contributed by atoms with Gasteiger partial charge in [-0.1, -0.05) is 48.5 Å². The number of carboxylic acids is 1. The van der Waals surface area contributed by atoms with Crippen molar-refractivity contribution in [3.63, 3.8) is 0 Å². The average molecular weight is 871 g/mol. The summed E-state index contributed by atoms with van der Waals surface area (Å²) in [5, 5.41) is 80.9. The molecule has 22 atom stereocenters. The van der Waals surface area contributed by atoms with Crippen molar-refractivity contribution in [3.8, 4) is 0 Å². The zero-order valence-electron chi connectivity index (χ0n) is 38.9. The lowest BCUT2D eigenvalue weighted by molar-refractivity contribution is -0.373. The molecule has 6 saturated heterocycles. The molecule has 14 heteroatoms. The van der Waals surface area contributed by atoms with Gasteiger partial charge < -0.3 is 64.2 Å². The number of hydrogen-bond donors (Lipinski definition) is 7. The molecule has 0 aliphatic carbocycles. The van der Waals surface area contributed by atoms with Gasteiger partial charge in [0.15, 0.2) is 17.4 Å². The largest absolute Gasteiger partial charge is 0.481 e. The SMILES string of the molecule is CC[C@@H]1O[C@@H]([C@]2(C)C[C@@H](C)[C@@](O)([C@]3(C)CC[C@@H]([C@@H](O)[C@@]4(O)O[C@@H](C[C@@]5(O)O[C@@H]([C@H](C)[C@H](O)C[C@H]6CC[C@H](C)[C@@H]([C@@H](C)C(=O)O)O6)CC[C@@H]5C)[C@@H](C)C[C@H]4C)O3)O2)CC[C@@]1(C)O. The van der Waals surface area contributed by atoms with Crippen molar-refractivity contribution in [2.75, 3.05) is 0 Å². The highest BCUT2D eigenvalue weighted by atomic mass is 16.7. The maximum atomic E-state index is 12.4. The second-order valence-corrected chi connectivity index (χ2v) is 21.8. The van der Waals surface area contributed by atoms with Crippen LogP contribution in [0.3, 0.4) is 0 Å². The molecule has 7 N–H and O–H groups in total. The van der Waals surface area contributed by atoms with Gasteiger partial charge >= 0.3 is 5.97 Å². The summed E-state index contributed by atoms with van der Waals surface area (Å²) in [6, 6.07) is 0. The third kappa shape index (κ3) is 9.37. The van der Waals surface area contributed by atoms with E-state index in [0.29, 0.717) is 64.2 Å². The first-order valence-electron chi connectivity index (χ1n) is 23.7. The molecule has 6 aliphatic heterocycles. The van der Waals surface area contributed by atoms with Crippen LogP contribution in [-0.2, 0) is 33.2 Å². The molecular formula is C47H82O14. The molecule has 6 fully saturated rings. The van der Waals surface area contributed by atoms with Gasteiger partial charge in [0.2, 0.25) is 0 Å². The third-order valence-corrected chi connectivity index (χ3v) is 17.0. The van der Waals surface area contributed by atoms with E-state index in [2.05, 4.69) is 0 Å². The quantitative estimate of drug-likeness (QED) is 0.123. The second-order valence-electron chi connectivity index (χ2n) is 21.8. The minimum Gasteiger partial charge on any atom is -0.481 e. The number of carbonyl (C=O) groups is 1. The van der Waals surface area contributed by atoms with E-state index in [1.54, 1.807) is 20.8 Å². The molecule has 14 nitrogen and oxygen atoms in total. The predicted octanol–water partition coefficient (Wildman–Crippen LogP) is 5.43. The molecule has 0 unspecified atom stereocenters. The molecule has 0 saturated carbocycles. The molecule has 354 valence electrons. The lowest BCUT2D eigenvalue weighted by atomic mass is 9.76. The first-order valence-corrected chi connectivity index (χ1v) is 23.7. The van der Waals surface area contributed by atoms with Crippen LogP contribution in [0, 0.1) is 41.4 Å². The molecule has 0 amide bonds. The summed E-state index contributed by atoms with van der Waals surface area (Å²) in [4.78, 5) is 11.7. The summed E-state index contributed by atoms with van der Waals surface area (Å²) >= 11 is 0. The van der Waals surface area contributed by atoms with Crippen LogP contribution in [0.25, 0.3) is 0 Å². The van der Waals surface area contributed by atoms with Crippen LogP contribution >= 0.6 is 0 Å². The Morgan fingerprint density at radius 2 is 1.46 bits per heavy atom. The van der Waals surface area contributed by atoms with E-state index < -0.39 is 88.6 Å². The maximum Gasteiger partial charge on any atom is 0.308 e. The fourth-order valence-corrected chi connectivity index (χ4v) is 12.3. The average Bonchev–Trinajstić information content (AvgIpc) is 3.72. The third-order valence-electron chi connectivity index (χ3n) is 17.0. The van der Waals surface area contributed by atoms with Gasteiger partial charge in [0, 0.05) is 30.1 Å². The Bertz CT molecular complexity index is 1510. The van der Waals surface area contributed by atoms with E-state index in [9.17, 15) is 40.5 Å². The van der Waals surface area contributed by atoms with Gasteiger partial charge in [0.05, 0.1) is 66.0 Å². The summed E-state index contributed by atoms with van der Waals surface area (Å²) < 4.78 is 39.0. The van der Waals surface area contributed by atoms with E-state index in [0.717, 1.165) is 12.8 Å². The highest BCUT2D eigenvalue weighted by Gasteiger charge is 2.67. The van der Waals surface area contributed by atoms with Crippen molar-refractivity contribution in [1.82, 2.24) is 0 Å². The zero-order chi connectivity index (χ0) is 45.2. The number of rotatable bonds is 13. The topological polar surface area (TPSA) is 214 Å². The first kappa shape index (κ1) is 49.4. The molecular weight excluding hydrogens is 789 g/mol. The lowest BCUT2D eigenvalue weighted by Crippen LogP contribution is -2.63. The smallest absolute Gasteiger partial charge is 0.308 e. The van der Waals surface area contributed by atoms with Gasteiger partial charge in [-0.25, -0.2) is 0 Å². The van der Waals surface area contributed by atoms with Gasteiger partial charge in [0.25, 0.3) is 0 Å². The molecule has 0 aromatic heterocycles. The fourth-order valence-electron chi connectivity index (χ4n) is 12.3. The molecule has 0 aromatic carbocycles. The van der Waals surface area contributed by atoms with Gasteiger partial charge in [-0.15, -0.1) is 0 Å². The molecule has 0 aromatic rings. The standard InChI is InChI=1S/C47H82O14/c1-12-37-42(9,52)19-18-38(57-37)43(10)23-29(6)47(55,61-43)44(11)20-17-35(58-44)40(49)46(54)28(5)21-26(3)36(60-46)24-45(53)27(4)14-16-34(59-45)30(7)33(48)22-32-15-13-25(2)39(56-32)31(8)41(50)51/h25-40,48-49,52-55H,12-24H2,1-11H3,(H,50,51)/t25-,26-,27-,28+,29+,30+,31+,32+,33+,34+,35-,36-,37-,38+,39-,40+,42+,43-,44-,45+,46-,47-/m0/s1. The van der Waals surface area contributed by atoms with E-state index >= 15 is 0 Å². The van der Waals surface area contributed by atoms with Crippen molar-refractivity contribution in [2.24, 2.45) is 41.4 Å². The number of aliphatic hydroxyl groups is 6. The minimum absolute atomic E-state index is 0.0409. The van der Waals surface area contributed by atoms with E-state index in [-0.39, 0.29) is 54.3 Å². The van der Waals surface area contributed by atoms with Crippen molar-refractivity contribution in [2.45, 2.75) is 249 Å². The number of hydrogen-bond acceptors (Lipinski definition) is 13. The Kier molecular flexibility index (Phi) is 14.6. The van der Waals surface area contributed by atoms with Gasteiger partial charge in [0.1, 0.15) is 11.7 Å². The van der Waals surface area contributed by atoms with Crippen LogP contribution in [-0.4, -0.2) is 131 Å². The van der Waals surface area contributed by atoms with E-state index in [1.165, 1.54) is 0 Å². The van der Waals surface area contributed by atoms with Crippen LogP contribution in [0.5, 0.6) is 0 Å². The van der Waals surface area contributed by atoms with Crippen LogP contribution < -0.4 is 0 Å². The molecule has 0 spiro atoms. The Morgan fingerprint density at radius 3 is 2.11 bits per heavy atom. The summed E-state index contributed by atoms with van der Waals surface area (Å²) in [7, 11) is 0. The molecule has 0 bridgehead atoms. The summed E-state index contributed by atoms with van der Waals surface area (Å²) in [6.45, 7) is 20.8. The highest BCUT2D eigenvalue weighted by molar-refractivity contribution is 5.70. The number of aliphatic carboxylic acids is 1. The number of carboxylic acid groups (broad SMARTS) is 1. The second kappa shape index (κ2) is 18.0. The van der Waals surface area contributed by atoms with Crippen molar-refractivity contribution in [1.29, 1.82) is 0 Å². The predicted molar refractivity (Wildman–Crippen MR) is 225 cm³/mol. The Balaban J connectivity index is 1.09. The summed E-state index contributed by atoms with van der Waals surface area (Å²) in [5.41, 5.74) is -3.00. The van der Waals surface area contributed by atoms with Crippen LogP contribution in [0.1, 0.15) is 160 Å². The normalized spacial score (nSPS) is 51.8. The Labute approximate surface area is 364 Å². The first-order chi connectivity index (χ1) is 28.2. The van der Waals surface area contributed by atoms with Crippen molar-refractivity contribution >= 4 is 5.97 Å². The van der Waals surface area contributed by atoms with Gasteiger partial charge in [-0.3, -0.25) is 4.79 Å². The van der Waals surface area contributed by atoms with Crippen LogP contribution in [0.15, 0.2) is 0 Å². The zero-order valence-corrected chi connectivity index (χ0v) is 38.9. The van der Waals surface area contributed by atoms with Gasteiger partial charge in [-0.05, 0) is 117 Å². The van der Waals surface area contributed by atoms with Crippen LogP contribution in [0.4, 0.5) is 0 Å². The Hall–Kier alpha value is -1.01. The monoisotopic (exact) mass is 871 g/mol. The van der Waals surface area contributed by atoms with Gasteiger partial charge in [-0.2, -0.15) is 0 Å².